The molecule has 21 rings (SSSR count). The van der Waals surface area contributed by atoms with Gasteiger partial charge in [-0.3, -0.25) is 14.9 Å². The summed E-state index contributed by atoms with van der Waals surface area (Å²) in [5.74, 6) is 6.65. The highest BCUT2D eigenvalue weighted by Crippen LogP contribution is 2.92. The maximum atomic E-state index is 18.2. The molecule has 14 fully saturated rings. The number of ether oxygens (including phenoxy) is 4. The molecule has 29 unspecified atom stereocenters. The van der Waals surface area contributed by atoms with Crippen LogP contribution < -0.4 is 5.32 Å². The van der Waals surface area contributed by atoms with Gasteiger partial charge in [-0.2, -0.15) is 0 Å². The molecule has 8 heterocycles. The van der Waals surface area contributed by atoms with E-state index >= 15 is 19.5 Å². The Morgan fingerprint density at radius 3 is 2.64 bits per heavy atom. The maximum Gasteiger partial charge on any atom is 0.339 e. The van der Waals surface area contributed by atoms with Crippen LogP contribution in [-0.2, 0) is 51.8 Å². The second-order valence-electron chi connectivity index (χ2n) is 35.8. The van der Waals surface area contributed by atoms with Crippen LogP contribution in [0.15, 0.2) is 95.3 Å². The number of rotatable bonds is 8. The second kappa shape index (κ2) is 19.1. The number of Topliss-reactive ketones (excluding diaryl/α,β-unsaturated/α-hetero) is 1. The molecular weight excluding hydrogens is 1180 g/mol. The first-order valence-corrected chi connectivity index (χ1v) is 37.7. The number of nitrogens with zero attached hydrogens (tertiary/aromatic N) is 1. The van der Waals surface area contributed by atoms with Gasteiger partial charge >= 0.3 is 11.9 Å². The summed E-state index contributed by atoms with van der Waals surface area (Å²) in [6.07, 6.45) is 34.4. The van der Waals surface area contributed by atoms with Crippen molar-refractivity contribution in [3.8, 4) is 11.8 Å². The Balaban J connectivity index is 0.799. The Morgan fingerprint density at radius 1 is 0.904 bits per heavy atom. The summed E-state index contributed by atoms with van der Waals surface area (Å²) in [6, 6.07) is 13.2. The van der Waals surface area contributed by atoms with Crippen molar-refractivity contribution >= 4 is 17.7 Å². The van der Waals surface area contributed by atoms with Crippen LogP contribution in [-0.4, -0.2) is 106 Å². The predicted octanol–water partition coefficient (Wildman–Crippen LogP) is 10.9. The number of esters is 2. The number of carbonyl (C=O) groups is 3. The lowest BCUT2D eigenvalue weighted by atomic mass is 9.28. The smallest absolute Gasteiger partial charge is 0.339 e. The molecule has 4 N–H and O–H groups in total. The lowest BCUT2D eigenvalue weighted by Crippen LogP contribution is -2.84. The summed E-state index contributed by atoms with van der Waals surface area (Å²) in [5, 5.41) is 42.3. The standard InChI is InChI=1S/C81H96N2O11/c1-45-55-15-8-13-48(55)20-28-74(45)25-10-26-77-63(74)35-53-34-54-39-73(23-6-7-24-73)42-75(54)38-52-37-72(2)78(58-22-30-90-62(58)36-57(61(85)41-84)50-18-19-56-51(33-50)21-29-83-44-82-40-60(56)83)27-9-14-49-17-16-47(31-46-11-4-3-5-12-46)32-59(49)79(81(72)69(92-81)71(89)93-78)65(52)76(66(77)64(86)68(79)87)43-91-70(88)67(75)80(53,76)94-77/h3-5,10-12,20-22,25,28-30,35,45,47-52,54-57,59-61,63,65-69,82,84-85,87H,6-8,13,15-19,23-24,26-27,31-34,36-44H2,1-2H3. The zero-order valence-electron chi connectivity index (χ0n) is 55.1. The fourth-order valence-corrected chi connectivity index (χ4v) is 30.7. The van der Waals surface area contributed by atoms with E-state index in [4.69, 9.17) is 23.4 Å². The largest absolute Gasteiger partial charge is 0.469 e. The lowest BCUT2D eigenvalue weighted by Gasteiger charge is -2.74. The van der Waals surface area contributed by atoms with Crippen molar-refractivity contribution < 1.29 is 53.1 Å². The van der Waals surface area contributed by atoms with Crippen molar-refractivity contribution in [2.45, 2.75) is 202 Å². The molecule has 496 valence electrons. The quantitative estimate of drug-likeness (QED) is 0.0850. The van der Waals surface area contributed by atoms with Crippen molar-refractivity contribution in [3.05, 3.63) is 108 Å². The van der Waals surface area contributed by atoms with Crippen molar-refractivity contribution in [3.63, 3.8) is 0 Å². The molecule has 5 saturated heterocycles. The van der Waals surface area contributed by atoms with Gasteiger partial charge in [0.05, 0.1) is 54.9 Å². The van der Waals surface area contributed by atoms with Crippen LogP contribution >= 0.6 is 0 Å². The molecule has 1 aromatic carbocycles. The summed E-state index contributed by atoms with van der Waals surface area (Å²) >= 11 is 0. The summed E-state index contributed by atoms with van der Waals surface area (Å²) < 4.78 is 38.4. The summed E-state index contributed by atoms with van der Waals surface area (Å²) in [7, 11) is 0. The number of ketones is 1. The number of allylic oxidation sites excluding steroid dienone is 4. The first kappa shape index (κ1) is 58.2. The van der Waals surface area contributed by atoms with Crippen LogP contribution in [0.3, 0.4) is 0 Å². The third-order valence-corrected chi connectivity index (χ3v) is 33.3. The third-order valence-electron chi connectivity index (χ3n) is 33.3. The minimum absolute atomic E-state index is 0.0112. The molecule has 94 heavy (non-hydrogen) atoms. The highest BCUT2D eigenvalue weighted by Gasteiger charge is 3.00. The molecule has 1 aromatic heterocycles. The van der Waals surface area contributed by atoms with Gasteiger partial charge in [0.1, 0.15) is 29.7 Å². The van der Waals surface area contributed by atoms with Gasteiger partial charge in [0.2, 0.25) is 0 Å². The molecule has 9 saturated carbocycles. The van der Waals surface area contributed by atoms with Crippen LogP contribution in [0.2, 0.25) is 0 Å². The Bertz CT molecular complexity index is 3800. The molecule has 8 spiro atoms. The van der Waals surface area contributed by atoms with Crippen molar-refractivity contribution in [2.75, 3.05) is 26.4 Å². The van der Waals surface area contributed by atoms with E-state index in [1.54, 1.807) is 6.26 Å². The summed E-state index contributed by atoms with van der Waals surface area (Å²) in [4.78, 5) is 53.4. The van der Waals surface area contributed by atoms with E-state index in [0.29, 0.717) is 73.1 Å². The second-order valence-corrected chi connectivity index (χ2v) is 35.8. The third kappa shape index (κ3) is 6.52. The van der Waals surface area contributed by atoms with Gasteiger partial charge in [0, 0.05) is 52.7 Å². The first-order chi connectivity index (χ1) is 45.6. The molecule has 9 bridgehead atoms. The van der Waals surface area contributed by atoms with E-state index in [2.05, 4.69) is 109 Å². The number of aliphatic hydroxyl groups is 3. The number of benzene rings is 1. The fourth-order valence-electron chi connectivity index (χ4n) is 30.7. The Labute approximate surface area is 553 Å². The van der Waals surface area contributed by atoms with Crippen LogP contribution in [0.1, 0.15) is 159 Å². The van der Waals surface area contributed by atoms with E-state index in [0.717, 1.165) is 83.8 Å². The van der Waals surface area contributed by atoms with Gasteiger partial charge in [-0.15, -0.1) is 0 Å². The predicted molar refractivity (Wildman–Crippen MR) is 345 cm³/mol. The van der Waals surface area contributed by atoms with Gasteiger partial charge in [0.25, 0.3) is 0 Å². The fraction of sp³-hybridized carbons (Fsp3) is 0.716. The SMILES string of the molecule is CC1C2CCCC2C=CC12C=CCC13OC45C(=CC21)CC1CC2(CCCC2)CC12CC1CC6(C)C7(c8ccoc8CC(C(O)CO)C8CCC9C(C=CN%10CNCC9%10)C8)CC#CC8CCC(Cc9ccccc9)CC8C8(C(O)C(=O)C3C4(COC(=O)C25)C18)C61OC1C(=O)O7. The monoisotopic (exact) mass is 1270 g/mol. The highest BCUT2D eigenvalue weighted by atomic mass is 16.7. The number of carbonyl (C=O) groups excluding carboxylic acids is 3. The molecule has 0 amide bonds. The normalized spacial score (nSPS) is 53.4. The minimum atomic E-state index is -1.60. The number of hydrogen-bond donors (Lipinski definition) is 4. The Kier molecular flexibility index (Phi) is 11.8. The van der Waals surface area contributed by atoms with Gasteiger partial charge in [-0.25, -0.2) is 4.79 Å². The molecular formula is C81H96N2O11. The van der Waals surface area contributed by atoms with E-state index in [9.17, 15) is 10.2 Å². The molecule has 13 heteroatoms. The zero-order valence-corrected chi connectivity index (χ0v) is 55.1. The van der Waals surface area contributed by atoms with E-state index in [1.165, 1.54) is 43.2 Å². The maximum absolute atomic E-state index is 18.2. The number of aliphatic hydroxyl groups excluding tert-OH is 3. The summed E-state index contributed by atoms with van der Waals surface area (Å²) in [5.41, 5.74) is -6.81. The van der Waals surface area contributed by atoms with Gasteiger partial charge in [-0.05, 0) is 214 Å². The minimum Gasteiger partial charge on any atom is -0.469 e. The van der Waals surface area contributed by atoms with Crippen LogP contribution in [0, 0.1) is 139 Å². The molecule has 0 radical (unpaired) electrons. The topological polar surface area (TPSA) is 181 Å². The van der Waals surface area contributed by atoms with Gasteiger partial charge in [-0.1, -0.05) is 112 Å². The molecule has 19 aliphatic rings. The summed E-state index contributed by atoms with van der Waals surface area (Å²) in [6.45, 7) is 6.24. The number of nitrogens with one attached hydrogen (secondary N) is 1. The lowest BCUT2D eigenvalue weighted by molar-refractivity contribution is -0.315. The first-order valence-electron chi connectivity index (χ1n) is 37.7. The van der Waals surface area contributed by atoms with E-state index < -0.39 is 104 Å². The average Bonchev–Trinajstić information content (AvgIpc) is 1.41. The van der Waals surface area contributed by atoms with E-state index in [1.807, 2.05) is 6.07 Å². The molecule has 7 aliphatic heterocycles. The van der Waals surface area contributed by atoms with Gasteiger partial charge < -0.3 is 43.6 Å². The Morgan fingerprint density at radius 2 is 1.78 bits per heavy atom. The molecule has 2 aromatic rings. The van der Waals surface area contributed by atoms with E-state index in [-0.39, 0.29) is 77.5 Å². The number of cyclic esters (lactones) is 1. The molecule has 12 aliphatic carbocycles. The number of furan rings is 1. The molecule has 13 nitrogen and oxygen atoms in total. The van der Waals surface area contributed by atoms with Gasteiger partial charge in [0.15, 0.2) is 17.5 Å². The van der Waals surface area contributed by atoms with Crippen LogP contribution in [0.4, 0.5) is 0 Å². The van der Waals surface area contributed by atoms with Crippen molar-refractivity contribution in [1.82, 2.24) is 10.2 Å². The van der Waals surface area contributed by atoms with Crippen LogP contribution in [0.5, 0.6) is 0 Å². The van der Waals surface area contributed by atoms with Crippen molar-refractivity contribution in [1.29, 1.82) is 0 Å². The number of epoxide rings is 1. The number of fused-ring (bicyclic) bond motifs is 6. The highest BCUT2D eigenvalue weighted by molar-refractivity contribution is 5.94. The average molecular weight is 1270 g/mol. The Hall–Kier alpha value is -4.81. The zero-order chi connectivity index (χ0) is 63.1. The number of hydrogen-bond acceptors (Lipinski definition) is 13. The van der Waals surface area contributed by atoms with Crippen molar-refractivity contribution in [2.24, 2.45) is 127 Å². The molecule has 29 atom stereocenters. The van der Waals surface area contributed by atoms with Crippen LogP contribution in [0.25, 0.3) is 0 Å².